The molecule has 0 radical (unpaired) electrons. The van der Waals surface area contributed by atoms with Gasteiger partial charge in [0.05, 0.1) is 5.60 Å². The van der Waals surface area contributed by atoms with Gasteiger partial charge in [-0.1, -0.05) is 0 Å². The number of thiophene rings is 1. The van der Waals surface area contributed by atoms with Crippen molar-refractivity contribution in [2.45, 2.75) is 44.2 Å². The molecule has 3 heteroatoms. The molecule has 2 rings (SSSR count). The van der Waals surface area contributed by atoms with Crippen LogP contribution in [0.15, 0.2) is 11.4 Å². The van der Waals surface area contributed by atoms with Gasteiger partial charge in [-0.2, -0.15) is 0 Å². The monoisotopic (exact) mass is 225 g/mol. The van der Waals surface area contributed by atoms with Crippen molar-refractivity contribution in [2.75, 3.05) is 7.05 Å². The second-order valence-corrected chi connectivity index (χ2v) is 5.44. The minimum Gasteiger partial charge on any atom is -0.384 e. The molecule has 1 fully saturated rings. The van der Waals surface area contributed by atoms with Gasteiger partial charge < -0.3 is 10.4 Å². The molecule has 0 atom stereocenters. The van der Waals surface area contributed by atoms with Gasteiger partial charge in [0.25, 0.3) is 0 Å². The van der Waals surface area contributed by atoms with Gasteiger partial charge >= 0.3 is 0 Å². The van der Waals surface area contributed by atoms with Gasteiger partial charge in [0, 0.05) is 10.9 Å². The maximum Gasteiger partial charge on any atom is 0.0991 e. The standard InChI is InChI=1S/C12H19NOS/c1-9-5-8-15-11(9)12(14)6-3-10(13-2)4-7-12/h5,8,10,13-14H,3-4,6-7H2,1-2H3. The summed E-state index contributed by atoms with van der Waals surface area (Å²) in [6.45, 7) is 2.09. The number of aliphatic hydroxyl groups is 1. The van der Waals surface area contributed by atoms with Crippen molar-refractivity contribution in [3.63, 3.8) is 0 Å². The van der Waals surface area contributed by atoms with Gasteiger partial charge in [-0.05, 0) is 56.7 Å². The Labute approximate surface area is 95.3 Å². The molecule has 84 valence electrons. The van der Waals surface area contributed by atoms with E-state index in [2.05, 4.69) is 23.7 Å². The van der Waals surface area contributed by atoms with E-state index in [0.29, 0.717) is 6.04 Å². The summed E-state index contributed by atoms with van der Waals surface area (Å²) in [6, 6.07) is 2.69. The van der Waals surface area contributed by atoms with Crippen LogP contribution in [0.1, 0.15) is 36.1 Å². The van der Waals surface area contributed by atoms with Crippen LogP contribution in [-0.2, 0) is 5.60 Å². The van der Waals surface area contributed by atoms with Crippen molar-refractivity contribution in [2.24, 2.45) is 0 Å². The minimum atomic E-state index is -0.550. The van der Waals surface area contributed by atoms with Crippen LogP contribution in [0.5, 0.6) is 0 Å². The first-order chi connectivity index (χ1) is 7.15. The van der Waals surface area contributed by atoms with E-state index in [1.54, 1.807) is 11.3 Å². The van der Waals surface area contributed by atoms with Gasteiger partial charge in [-0.15, -0.1) is 11.3 Å². The SMILES string of the molecule is CNC1CCC(O)(c2sccc2C)CC1. The fourth-order valence-corrected chi connectivity index (χ4v) is 3.55. The average Bonchev–Trinajstić information content (AvgIpc) is 2.66. The van der Waals surface area contributed by atoms with E-state index < -0.39 is 5.60 Å². The van der Waals surface area contributed by atoms with Crippen LogP contribution in [0.25, 0.3) is 0 Å². The van der Waals surface area contributed by atoms with E-state index in [1.165, 1.54) is 10.4 Å². The van der Waals surface area contributed by atoms with Crippen LogP contribution in [0.3, 0.4) is 0 Å². The van der Waals surface area contributed by atoms with E-state index in [1.807, 2.05) is 7.05 Å². The molecule has 1 aliphatic carbocycles. The maximum atomic E-state index is 10.6. The largest absolute Gasteiger partial charge is 0.384 e. The van der Waals surface area contributed by atoms with E-state index >= 15 is 0 Å². The van der Waals surface area contributed by atoms with Crippen molar-refractivity contribution in [3.8, 4) is 0 Å². The Morgan fingerprint density at radius 1 is 1.47 bits per heavy atom. The summed E-state index contributed by atoms with van der Waals surface area (Å²) in [5.41, 5.74) is 0.691. The molecule has 0 saturated heterocycles. The number of rotatable bonds is 2. The first kappa shape index (κ1) is 11.1. The molecule has 0 unspecified atom stereocenters. The molecule has 0 bridgehead atoms. The normalized spacial score (nSPS) is 31.8. The molecule has 0 amide bonds. The molecule has 2 nitrogen and oxygen atoms in total. The third-order valence-electron chi connectivity index (χ3n) is 3.51. The number of hydrogen-bond acceptors (Lipinski definition) is 3. The Balaban J connectivity index is 2.13. The van der Waals surface area contributed by atoms with Crippen LogP contribution in [0, 0.1) is 6.92 Å². The van der Waals surface area contributed by atoms with Gasteiger partial charge in [0.2, 0.25) is 0 Å². The number of nitrogens with one attached hydrogen (secondary N) is 1. The van der Waals surface area contributed by atoms with E-state index in [-0.39, 0.29) is 0 Å². The van der Waals surface area contributed by atoms with Crippen molar-refractivity contribution in [3.05, 3.63) is 21.9 Å². The van der Waals surface area contributed by atoms with E-state index in [9.17, 15) is 5.11 Å². The second kappa shape index (κ2) is 4.24. The number of aryl methyl sites for hydroxylation is 1. The Hall–Kier alpha value is -0.380. The highest BCUT2D eigenvalue weighted by molar-refractivity contribution is 7.10. The number of hydrogen-bond donors (Lipinski definition) is 2. The Morgan fingerprint density at radius 2 is 2.13 bits per heavy atom. The molecular formula is C12H19NOS. The smallest absolute Gasteiger partial charge is 0.0991 e. The predicted octanol–water partition coefficient (Wildman–Crippen LogP) is 2.41. The van der Waals surface area contributed by atoms with Crippen molar-refractivity contribution >= 4 is 11.3 Å². The van der Waals surface area contributed by atoms with Crippen molar-refractivity contribution in [1.29, 1.82) is 0 Å². The molecular weight excluding hydrogens is 206 g/mol. The predicted molar refractivity (Wildman–Crippen MR) is 64.3 cm³/mol. The Kier molecular flexibility index (Phi) is 3.14. The molecule has 1 aromatic heterocycles. The summed E-state index contributed by atoms with van der Waals surface area (Å²) in [6.07, 6.45) is 3.92. The lowest BCUT2D eigenvalue weighted by atomic mass is 9.80. The molecule has 0 spiro atoms. The molecule has 1 saturated carbocycles. The van der Waals surface area contributed by atoms with Gasteiger partial charge in [-0.3, -0.25) is 0 Å². The van der Waals surface area contributed by atoms with E-state index in [0.717, 1.165) is 25.7 Å². The van der Waals surface area contributed by atoms with Gasteiger partial charge in [-0.25, -0.2) is 0 Å². The van der Waals surface area contributed by atoms with Crippen molar-refractivity contribution in [1.82, 2.24) is 5.32 Å². The van der Waals surface area contributed by atoms with Crippen molar-refractivity contribution < 1.29 is 5.11 Å². The van der Waals surface area contributed by atoms with Crippen LogP contribution >= 0.6 is 11.3 Å². The molecule has 1 heterocycles. The Bertz CT molecular complexity index is 326. The minimum absolute atomic E-state index is 0.550. The zero-order valence-corrected chi connectivity index (χ0v) is 10.2. The summed E-state index contributed by atoms with van der Waals surface area (Å²) >= 11 is 1.69. The first-order valence-electron chi connectivity index (χ1n) is 5.60. The third kappa shape index (κ3) is 2.10. The zero-order chi connectivity index (χ0) is 10.9. The first-order valence-corrected chi connectivity index (χ1v) is 6.48. The lowest BCUT2D eigenvalue weighted by molar-refractivity contribution is -0.00477. The van der Waals surface area contributed by atoms with Gasteiger partial charge in [0.1, 0.15) is 0 Å². The van der Waals surface area contributed by atoms with Gasteiger partial charge in [0.15, 0.2) is 0 Å². The Morgan fingerprint density at radius 3 is 2.60 bits per heavy atom. The average molecular weight is 225 g/mol. The molecule has 1 aromatic rings. The molecule has 1 aliphatic rings. The fraction of sp³-hybridized carbons (Fsp3) is 0.667. The van der Waals surface area contributed by atoms with Crippen LogP contribution in [0.2, 0.25) is 0 Å². The summed E-state index contributed by atoms with van der Waals surface area (Å²) < 4.78 is 0. The zero-order valence-electron chi connectivity index (χ0n) is 9.42. The highest BCUT2D eigenvalue weighted by Gasteiger charge is 2.36. The molecule has 2 N–H and O–H groups in total. The summed E-state index contributed by atoms with van der Waals surface area (Å²) in [5, 5.41) is 16.0. The van der Waals surface area contributed by atoms with Crippen LogP contribution in [0.4, 0.5) is 0 Å². The molecule has 0 aromatic carbocycles. The van der Waals surface area contributed by atoms with Crippen LogP contribution in [-0.4, -0.2) is 18.2 Å². The highest BCUT2D eigenvalue weighted by Crippen LogP contribution is 2.40. The lowest BCUT2D eigenvalue weighted by Gasteiger charge is -2.35. The summed E-state index contributed by atoms with van der Waals surface area (Å²) in [4.78, 5) is 1.18. The molecule has 15 heavy (non-hydrogen) atoms. The molecule has 0 aliphatic heterocycles. The highest BCUT2D eigenvalue weighted by atomic mass is 32.1. The topological polar surface area (TPSA) is 32.3 Å². The fourth-order valence-electron chi connectivity index (χ4n) is 2.46. The lowest BCUT2D eigenvalue weighted by Crippen LogP contribution is -2.38. The summed E-state index contributed by atoms with van der Waals surface area (Å²) in [7, 11) is 2.01. The van der Waals surface area contributed by atoms with Crippen LogP contribution < -0.4 is 5.32 Å². The van der Waals surface area contributed by atoms with E-state index in [4.69, 9.17) is 0 Å². The maximum absolute atomic E-state index is 10.6. The quantitative estimate of drug-likeness (QED) is 0.810. The second-order valence-electron chi connectivity index (χ2n) is 4.53. The summed E-state index contributed by atoms with van der Waals surface area (Å²) in [5.74, 6) is 0. The third-order valence-corrected chi connectivity index (χ3v) is 4.72.